The second-order valence-electron chi connectivity index (χ2n) is 4.37. The maximum atomic E-state index is 12.1. The molecule has 0 spiro atoms. The van der Waals surface area contributed by atoms with Gasteiger partial charge in [0.05, 0.1) is 5.02 Å². The lowest BCUT2D eigenvalue weighted by atomic mass is 9.84. The van der Waals surface area contributed by atoms with Crippen LogP contribution < -0.4 is 0 Å². The molecule has 0 unspecified atom stereocenters. The van der Waals surface area contributed by atoms with E-state index in [-0.39, 0.29) is 22.5 Å². The highest BCUT2D eigenvalue weighted by molar-refractivity contribution is 6.32. The van der Waals surface area contributed by atoms with Crippen LogP contribution >= 0.6 is 11.6 Å². The Bertz CT molecular complexity index is 395. The van der Waals surface area contributed by atoms with Crippen molar-refractivity contribution in [2.75, 3.05) is 0 Å². The minimum Gasteiger partial charge on any atom is -0.506 e. The summed E-state index contributed by atoms with van der Waals surface area (Å²) in [6.45, 7) is 0. The Balaban J connectivity index is 2.16. The highest BCUT2D eigenvalue weighted by Gasteiger charge is 2.22. The Morgan fingerprint density at radius 1 is 1.25 bits per heavy atom. The van der Waals surface area contributed by atoms with Gasteiger partial charge in [0, 0.05) is 11.5 Å². The molecular formula is C13H15ClO2. The Kier molecular flexibility index (Phi) is 3.49. The van der Waals surface area contributed by atoms with Crippen LogP contribution in [0, 0.1) is 5.92 Å². The smallest absolute Gasteiger partial charge is 0.165 e. The summed E-state index contributed by atoms with van der Waals surface area (Å²) in [7, 11) is 0. The van der Waals surface area contributed by atoms with Gasteiger partial charge >= 0.3 is 0 Å². The summed E-state index contributed by atoms with van der Waals surface area (Å²) < 4.78 is 0. The first kappa shape index (κ1) is 11.5. The number of ketones is 1. The van der Waals surface area contributed by atoms with E-state index in [9.17, 15) is 9.90 Å². The van der Waals surface area contributed by atoms with Crippen molar-refractivity contribution < 1.29 is 9.90 Å². The van der Waals surface area contributed by atoms with Crippen molar-refractivity contribution in [1.82, 2.24) is 0 Å². The minimum atomic E-state index is 0.0295. The minimum absolute atomic E-state index is 0.0295. The van der Waals surface area contributed by atoms with E-state index in [0.29, 0.717) is 5.56 Å². The summed E-state index contributed by atoms with van der Waals surface area (Å²) >= 11 is 5.79. The van der Waals surface area contributed by atoms with Gasteiger partial charge in [0.1, 0.15) is 5.75 Å². The van der Waals surface area contributed by atoms with Gasteiger partial charge in [0.15, 0.2) is 5.78 Å². The van der Waals surface area contributed by atoms with Gasteiger partial charge < -0.3 is 5.11 Å². The average molecular weight is 239 g/mol. The molecular weight excluding hydrogens is 224 g/mol. The van der Waals surface area contributed by atoms with Crippen molar-refractivity contribution in [3.05, 3.63) is 28.8 Å². The standard InChI is InChI=1S/C13H15ClO2/c14-11-8-10(6-7-12(11)15)13(16)9-4-2-1-3-5-9/h6-9,15H,1-5H2. The fraction of sp³-hybridized carbons (Fsp3) is 0.462. The molecule has 0 heterocycles. The fourth-order valence-corrected chi connectivity index (χ4v) is 2.44. The molecule has 2 nitrogen and oxygen atoms in total. The second kappa shape index (κ2) is 4.88. The number of hydrogen-bond donors (Lipinski definition) is 1. The first-order chi connectivity index (χ1) is 7.68. The highest BCUT2D eigenvalue weighted by Crippen LogP contribution is 2.29. The van der Waals surface area contributed by atoms with Crippen LogP contribution in [0.5, 0.6) is 5.75 Å². The molecule has 1 aromatic carbocycles. The van der Waals surface area contributed by atoms with Crippen molar-refractivity contribution in [2.24, 2.45) is 5.92 Å². The predicted molar refractivity (Wildman–Crippen MR) is 64.0 cm³/mol. The van der Waals surface area contributed by atoms with E-state index in [1.807, 2.05) is 0 Å². The van der Waals surface area contributed by atoms with E-state index in [2.05, 4.69) is 0 Å². The number of hydrogen-bond acceptors (Lipinski definition) is 2. The molecule has 1 aliphatic rings. The number of phenols is 1. The van der Waals surface area contributed by atoms with Crippen LogP contribution in [0.1, 0.15) is 42.5 Å². The number of halogens is 1. The van der Waals surface area contributed by atoms with Crippen molar-refractivity contribution in [2.45, 2.75) is 32.1 Å². The number of aromatic hydroxyl groups is 1. The lowest BCUT2D eigenvalue weighted by Gasteiger charge is -2.20. The molecule has 1 N–H and O–H groups in total. The van der Waals surface area contributed by atoms with Crippen LogP contribution in [-0.4, -0.2) is 10.9 Å². The quantitative estimate of drug-likeness (QED) is 0.796. The maximum absolute atomic E-state index is 12.1. The van der Waals surface area contributed by atoms with Crippen LogP contribution in [0.2, 0.25) is 5.02 Å². The van der Waals surface area contributed by atoms with Crippen LogP contribution in [0.3, 0.4) is 0 Å². The molecule has 0 aromatic heterocycles. The highest BCUT2D eigenvalue weighted by atomic mass is 35.5. The van der Waals surface area contributed by atoms with Gasteiger partial charge in [-0.3, -0.25) is 4.79 Å². The normalized spacial score (nSPS) is 17.3. The molecule has 16 heavy (non-hydrogen) atoms. The molecule has 0 aliphatic heterocycles. The van der Waals surface area contributed by atoms with Gasteiger partial charge in [0.2, 0.25) is 0 Å². The molecule has 2 rings (SSSR count). The van der Waals surface area contributed by atoms with E-state index in [1.165, 1.54) is 12.5 Å². The lowest BCUT2D eigenvalue weighted by molar-refractivity contribution is 0.0889. The Hall–Kier alpha value is -1.02. The molecule has 3 heteroatoms. The van der Waals surface area contributed by atoms with Gasteiger partial charge in [-0.1, -0.05) is 30.9 Å². The van der Waals surface area contributed by atoms with Crippen molar-refractivity contribution >= 4 is 17.4 Å². The first-order valence-electron chi connectivity index (χ1n) is 5.71. The van der Waals surface area contributed by atoms with Crippen molar-refractivity contribution in [3.8, 4) is 5.75 Å². The molecule has 86 valence electrons. The van der Waals surface area contributed by atoms with Crippen molar-refractivity contribution in [3.63, 3.8) is 0 Å². The number of Topliss-reactive ketones (excluding diaryl/α,β-unsaturated/α-hetero) is 1. The maximum Gasteiger partial charge on any atom is 0.165 e. The molecule has 1 saturated carbocycles. The van der Waals surface area contributed by atoms with Gasteiger partial charge in [-0.15, -0.1) is 0 Å². The van der Waals surface area contributed by atoms with Gasteiger partial charge in [-0.2, -0.15) is 0 Å². The largest absolute Gasteiger partial charge is 0.506 e. The molecule has 1 aromatic rings. The molecule has 0 amide bonds. The van der Waals surface area contributed by atoms with E-state index < -0.39 is 0 Å². The fourth-order valence-electron chi connectivity index (χ4n) is 2.26. The summed E-state index contributed by atoms with van der Waals surface area (Å²) in [5.41, 5.74) is 0.620. The van der Waals surface area contributed by atoms with E-state index in [1.54, 1.807) is 12.1 Å². The predicted octanol–water partition coefficient (Wildman–Crippen LogP) is 3.81. The summed E-state index contributed by atoms with van der Waals surface area (Å²) in [6, 6.07) is 4.70. The summed E-state index contributed by atoms with van der Waals surface area (Å²) in [6.07, 6.45) is 5.49. The zero-order chi connectivity index (χ0) is 11.5. The molecule has 0 radical (unpaired) electrons. The first-order valence-corrected chi connectivity index (χ1v) is 6.09. The van der Waals surface area contributed by atoms with E-state index in [4.69, 9.17) is 11.6 Å². The van der Waals surface area contributed by atoms with Crippen LogP contribution in [-0.2, 0) is 0 Å². The molecule has 0 saturated heterocycles. The van der Waals surface area contributed by atoms with E-state index >= 15 is 0 Å². The van der Waals surface area contributed by atoms with Gasteiger partial charge in [-0.05, 0) is 31.0 Å². The van der Waals surface area contributed by atoms with Crippen LogP contribution in [0.15, 0.2) is 18.2 Å². The number of rotatable bonds is 2. The molecule has 1 aliphatic carbocycles. The second-order valence-corrected chi connectivity index (χ2v) is 4.77. The van der Waals surface area contributed by atoms with Crippen LogP contribution in [0.4, 0.5) is 0 Å². The summed E-state index contributed by atoms with van der Waals surface area (Å²) in [5.74, 6) is 0.345. The topological polar surface area (TPSA) is 37.3 Å². The van der Waals surface area contributed by atoms with E-state index in [0.717, 1.165) is 25.7 Å². The molecule has 1 fully saturated rings. The molecule has 0 bridgehead atoms. The monoisotopic (exact) mass is 238 g/mol. The number of carbonyl (C=O) groups is 1. The average Bonchev–Trinajstić information content (AvgIpc) is 2.33. The zero-order valence-corrected chi connectivity index (χ0v) is 9.83. The number of phenolic OH excluding ortho intramolecular Hbond substituents is 1. The zero-order valence-electron chi connectivity index (χ0n) is 9.08. The third-order valence-electron chi connectivity index (χ3n) is 3.21. The van der Waals surface area contributed by atoms with Gasteiger partial charge in [0.25, 0.3) is 0 Å². The SMILES string of the molecule is O=C(c1ccc(O)c(Cl)c1)C1CCCCC1. The number of carbonyl (C=O) groups excluding carboxylic acids is 1. The third kappa shape index (κ3) is 2.38. The third-order valence-corrected chi connectivity index (χ3v) is 3.51. The Labute approximate surface area is 100 Å². The van der Waals surface area contributed by atoms with Crippen molar-refractivity contribution in [1.29, 1.82) is 0 Å². The Morgan fingerprint density at radius 2 is 1.94 bits per heavy atom. The van der Waals surface area contributed by atoms with Gasteiger partial charge in [-0.25, -0.2) is 0 Å². The summed E-state index contributed by atoms with van der Waals surface area (Å²) in [4.78, 5) is 12.1. The number of benzene rings is 1. The van der Waals surface area contributed by atoms with Crippen LogP contribution in [0.25, 0.3) is 0 Å². The molecule has 0 atom stereocenters. The lowest BCUT2D eigenvalue weighted by Crippen LogP contribution is -2.17. The Morgan fingerprint density at radius 3 is 2.56 bits per heavy atom. The summed E-state index contributed by atoms with van der Waals surface area (Å²) in [5, 5.41) is 9.54.